The molecule has 25 heavy (non-hydrogen) atoms. The summed E-state index contributed by atoms with van der Waals surface area (Å²) in [7, 11) is -4.42. The van der Waals surface area contributed by atoms with Crippen molar-refractivity contribution in [2.75, 3.05) is 0 Å². The van der Waals surface area contributed by atoms with Gasteiger partial charge in [-0.25, -0.2) is 0 Å². The van der Waals surface area contributed by atoms with Gasteiger partial charge in [-0.1, -0.05) is 0 Å². The smallest absolute Gasteiger partial charge is 0.187 e. The highest BCUT2D eigenvalue weighted by molar-refractivity contribution is 6.72. The first-order valence-corrected chi connectivity index (χ1v) is 21.0. The molecule has 0 N–H and O–H groups in total. The van der Waals surface area contributed by atoms with Crippen molar-refractivity contribution < 1.29 is 18.0 Å². The van der Waals surface area contributed by atoms with E-state index >= 15 is 0 Å². The van der Waals surface area contributed by atoms with E-state index in [1.807, 2.05) is 0 Å². The maximum absolute atomic E-state index is 6.81. The molecule has 148 valence electrons. The van der Waals surface area contributed by atoms with Crippen molar-refractivity contribution in [3.05, 3.63) is 0 Å². The third-order valence-electron chi connectivity index (χ3n) is 4.49. The summed E-state index contributed by atoms with van der Waals surface area (Å²) >= 11 is 0. The minimum absolute atomic E-state index is 0.0504. The van der Waals surface area contributed by atoms with Crippen molar-refractivity contribution in [3.8, 4) is 0 Å². The number of hydrogen-bond donors (Lipinski definition) is 0. The van der Waals surface area contributed by atoms with Crippen LogP contribution >= 0.6 is 0 Å². The molecule has 4 atom stereocenters. The minimum Gasteiger partial charge on any atom is -0.409 e. The monoisotopic (exact) mass is 420 g/mol. The standard InChI is InChI=1S/C17H40O4Si4/c1-23(2,3)19-16(13-10-11-14-15(12-13)18-14)17(22,20-24(4,5)6)21-25(7,8)9/h13-16H,10-12H2,1-9,22H3. The van der Waals surface area contributed by atoms with E-state index in [9.17, 15) is 0 Å². The summed E-state index contributed by atoms with van der Waals surface area (Å²) in [4.78, 5) is 0. The normalized spacial score (nSPS) is 29.4. The van der Waals surface area contributed by atoms with E-state index in [-0.39, 0.29) is 6.10 Å². The number of ether oxygens (including phenoxy) is 1. The van der Waals surface area contributed by atoms with Crippen LogP contribution in [0.15, 0.2) is 0 Å². The first kappa shape index (κ1) is 22.0. The van der Waals surface area contributed by atoms with Crippen molar-refractivity contribution in [2.24, 2.45) is 5.92 Å². The van der Waals surface area contributed by atoms with Gasteiger partial charge in [-0.05, 0) is 84.1 Å². The van der Waals surface area contributed by atoms with Gasteiger partial charge in [0.05, 0.1) is 28.6 Å². The van der Waals surface area contributed by atoms with Gasteiger partial charge in [-0.2, -0.15) is 0 Å². The first-order chi connectivity index (χ1) is 11.1. The second-order valence-corrected chi connectivity index (χ2v) is 25.6. The highest BCUT2D eigenvalue weighted by atomic mass is 28.4. The van der Waals surface area contributed by atoms with E-state index in [1.54, 1.807) is 0 Å². The molecule has 0 radical (unpaired) electrons. The second-order valence-electron chi connectivity index (χ2n) is 10.9. The van der Waals surface area contributed by atoms with Gasteiger partial charge in [0.15, 0.2) is 25.0 Å². The Morgan fingerprint density at radius 3 is 1.76 bits per heavy atom. The molecule has 0 spiro atoms. The Labute approximate surface area is 161 Å². The molecule has 1 saturated carbocycles. The summed E-state index contributed by atoms with van der Waals surface area (Å²) in [6, 6.07) is 0. The third kappa shape index (κ3) is 6.98. The number of rotatable bonds is 8. The van der Waals surface area contributed by atoms with Crippen LogP contribution in [0.3, 0.4) is 0 Å². The van der Waals surface area contributed by atoms with Gasteiger partial charge in [0.25, 0.3) is 0 Å². The fraction of sp³-hybridized carbons (Fsp3) is 1.00. The summed E-state index contributed by atoms with van der Waals surface area (Å²) < 4.78 is 26.2. The topological polar surface area (TPSA) is 40.2 Å². The highest BCUT2D eigenvalue weighted by Gasteiger charge is 2.53. The van der Waals surface area contributed by atoms with Gasteiger partial charge >= 0.3 is 0 Å². The molecule has 8 heteroatoms. The van der Waals surface area contributed by atoms with Crippen LogP contribution in [0.25, 0.3) is 0 Å². The molecule has 0 aromatic carbocycles. The predicted molar refractivity (Wildman–Crippen MR) is 116 cm³/mol. The number of hydrogen-bond acceptors (Lipinski definition) is 4. The van der Waals surface area contributed by atoms with Crippen LogP contribution in [-0.4, -0.2) is 58.9 Å². The van der Waals surface area contributed by atoms with Crippen LogP contribution in [-0.2, 0) is 18.0 Å². The van der Waals surface area contributed by atoms with Crippen LogP contribution in [0.4, 0.5) is 0 Å². The molecule has 0 amide bonds. The van der Waals surface area contributed by atoms with Gasteiger partial charge in [-0.15, -0.1) is 0 Å². The van der Waals surface area contributed by atoms with Gasteiger partial charge in [0.1, 0.15) is 5.41 Å². The van der Waals surface area contributed by atoms with Gasteiger partial charge < -0.3 is 18.0 Å². The molecule has 2 fully saturated rings. The van der Waals surface area contributed by atoms with E-state index in [4.69, 9.17) is 18.0 Å². The Morgan fingerprint density at radius 1 is 0.840 bits per heavy atom. The zero-order valence-corrected chi connectivity index (χ0v) is 23.1. The third-order valence-corrected chi connectivity index (χ3v) is 9.28. The lowest BCUT2D eigenvalue weighted by Crippen LogP contribution is -2.62. The van der Waals surface area contributed by atoms with Gasteiger partial charge in [0.2, 0.25) is 0 Å². The fourth-order valence-corrected chi connectivity index (χ4v) is 12.6. The maximum atomic E-state index is 6.81. The molecular formula is C17H40O4Si4. The SMILES string of the molecule is C[Si](C)(C)OC(C1CCC2OC2C1)C([SiH3])(O[Si](C)(C)C)O[Si](C)(C)C. The molecule has 4 unspecified atom stereocenters. The average molecular weight is 421 g/mol. The second kappa shape index (κ2) is 7.27. The van der Waals surface area contributed by atoms with Crippen LogP contribution < -0.4 is 0 Å². The summed E-state index contributed by atoms with van der Waals surface area (Å²) in [6.45, 7) is 20.4. The Hall–Kier alpha value is 0.708. The molecule has 1 heterocycles. The van der Waals surface area contributed by atoms with Crippen LogP contribution in [0.1, 0.15) is 19.3 Å². The Bertz CT molecular complexity index is 451. The molecule has 1 aliphatic heterocycles. The quantitative estimate of drug-likeness (QED) is 0.342. The summed E-state index contributed by atoms with van der Waals surface area (Å²) in [6.07, 6.45) is 4.46. The lowest BCUT2D eigenvalue weighted by molar-refractivity contribution is -0.148. The molecule has 2 aliphatic rings. The summed E-state index contributed by atoms with van der Waals surface area (Å²) in [5, 5.41) is 0. The molecule has 2 rings (SSSR count). The van der Waals surface area contributed by atoms with Gasteiger partial charge in [-0.3, -0.25) is 0 Å². The lowest BCUT2D eigenvalue weighted by atomic mass is 9.85. The maximum Gasteiger partial charge on any atom is 0.187 e. The van der Waals surface area contributed by atoms with Crippen molar-refractivity contribution in [2.45, 2.75) is 102 Å². The first-order valence-electron chi connectivity index (χ1n) is 9.82. The van der Waals surface area contributed by atoms with Crippen LogP contribution in [0.5, 0.6) is 0 Å². The number of epoxide rings is 1. The van der Waals surface area contributed by atoms with Crippen molar-refractivity contribution >= 4 is 35.2 Å². The molecule has 0 aromatic heterocycles. The van der Waals surface area contributed by atoms with Crippen LogP contribution in [0.2, 0.25) is 58.9 Å². The molecule has 1 saturated heterocycles. The van der Waals surface area contributed by atoms with E-state index in [0.717, 1.165) is 16.7 Å². The fourth-order valence-electron chi connectivity index (χ4n) is 4.08. The van der Waals surface area contributed by atoms with E-state index in [2.05, 4.69) is 58.9 Å². The lowest BCUT2D eigenvalue weighted by Gasteiger charge is -2.50. The zero-order valence-electron chi connectivity index (χ0n) is 18.1. The van der Waals surface area contributed by atoms with E-state index in [1.165, 1.54) is 12.8 Å². The minimum atomic E-state index is -1.76. The van der Waals surface area contributed by atoms with E-state index < -0.39 is 30.4 Å². The zero-order chi connectivity index (χ0) is 19.3. The Kier molecular flexibility index (Phi) is 6.40. The summed E-state index contributed by atoms with van der Waals surface area (Å²) in [5.74, 6) is 0.487. The van der Waals surface area contributed by atoms with E-state index in [0.29, 0.717) is 18.1 Å². The summed E-state index contributed by atoms with van der Waals surface area (Å²) in [5.41, 5.74) is -0.526. The molecule has 0 aromatic rings. The highest BCUT2D eigenvalue weighted by Crippen LogP contribution is 2.45. The van der Waals surface area contributed by atoms with Gasteiger partial charge in [0, 0.05) is 0 Å². The predicted octanol–water partition coefficient (Wildman–Crippen LogP) is 3.50. The molecule has 1 aliphatic carbocycles. The molecular weight excluding hydrogens is 381 g/mol. The average Bonchev–Trinajstić information content (AvgIpc) is 3.07. The van der Waals surface area contributed by atoms with Crippen molar-refractivity contribution in [3.63, 3.8) is 0 Å². The Morgan fingerprint density at radius 2 is 1.36 bits per heavy atom. The largest absolute Gasteiger partial charge is 0.409 e. The number of fused-ring (bicyclic) bond motifs is 1. The molecule has 4 nitrogen and oxygen atoms in total. The van der Waals surface area contributed by atoms with Crippen molar-refractivity contribution in [1.29, 1.82) is 0 Å². The van der Waals surface area contributed by atoms with Crippen LogP contribution in [0, 0.1) is 5.92 Å². The van der Waals surface area contributed by atoms with Crippen molar-refractivity contribution in [1.82, 2.24) is 0 Å². The Balaban J connectivity index is 2.32. The molecule has 0 bridgehead atoms.